The summed E-state index contributed by atoms with van der Waals surface area (Å²) >= 11 is 0. The number of guanidine groups is 1. The molecule has 2 aromatic rings. The third kappa shape index (κ3) is 4.67. The van der Waals surface area contributed by atoms with Crippen LogP contribution < -0.4 is 10.2 Å². The Morgan fingerprint density at radius 1 is 1.11 bits per heavy atom. The van der Waals surface area contributed by atoms with Crippen molar-refractivity contribution in [2.45, 2.75) is 6.42 Å². The standard InChI is InChI=1S/C20H24F2N4O/c1-23-20(24-9-8-15-6-7-16(21)14-17(15)22)26-12-10-25(11-13-26)18-4-2-3-5-19(18)27/h2-7,14,27H,8-13H2,1H3,(H,23,24). The third-order valence-corrected chi connectivity index (χ3v) is 4.71. The van der Waals surface area contributed by atoms with Crippen LogP contribution in [0.15, 0.2) is 47.5 Å². The molecule has 0 atom stereocenters. The molecule has 0 unspecified atom stereocenters. The normalized spacial score (nSPS) is 15.1. The number of nitrogens with one attached hydrogen (secondary N) is 1. The number of phenols is 1. The minimum atomic E-state index is -0.567. The molecule has 1 heterocycles. The Hall–Kier alpha value is -2.83. The van der Waals surface area contributed by atoms with E-state index in [0.29, 0.717) is 18.5 Å². The second-order valence-corrected chi connectivity index (χ2v) is 6.42. The van der Waals surface area contributed by atoms with Gasteiger partial charge in [0.25, 0.3) is 0 Å². The molecule has 2 aromatic carbocycles. The lowest BCUT2D eigenvalue weighted by atomic mass is 10.1. The van der Waals surface area contributed by atoms with E-state index in [1.807, 2.05) is 18.2 Å². The number of halogens is 2. The Kier molecular flexibility index (Phi) is 6.11. The summed E-state index contributed by atoms with van der Waals surface area (Å²) in [6.45, 7) is 3.57. The lowest BCUT2D eigenvalue weighted by Gasteiger charge is -2.37. The Morgan fingerprint density at radius 2 is 1.85 bits per heavy atom. The molecule has 144 valence electrons. The van der Waals surface area contributed by atoms with Gasteiger partial charge in [-0.1, -0.05) is 18.2 Å². The van der Waals surface area contributed by atoms with E-state index >= 15 is 0 Å². The molecule has 0 aliphatic carbocycles. The SMILES string of the molecule is CN=C(NCCc1ccc(F)cc1F)N1CCN(c2ccccc2O)CC1. The third-order valence-electron chi connectivity index (χ3n) is 4.71. The first-order valence-electron chi connectivity index (χ1n) is 9.01. The topological polar surface area (TPSA) is 51.1 Å². The number of hydrogen-bond donors (Lipinski definition) is 2. The van der Waals surface area contributed by atoms with Crippen molar-refractivity contribution < 1.29 is 13.9 Å². The number of nitrogens with zero attached hydrogens (tertiary/aromatic N) is 3. The van der Waals surface area contributed by atoms with Gasteiger partial charge in [0.1, 0.15) is 17.4 Å². The van der Waals surface area contributed by atoms with Crippen molar-refractivity contribution in [3.05, 3.63) is 59.7 Å². The highest BCUT2D eigenvalue weighted by atomic mass is 19.1. The van der Waals surface area contributed by atoms with Crippen LogP contribution in [0.3, 0.4) is 0 Å². The summed E-state index contributed by atoms with van der Waals surface area (Å²) in [4.78, 5) is 8.59. The Balaban J connectivity index is 1.51. The number of phenolic OH excluding ortho intramolecular Hbond substituents is 1. The Bertz CT molecular complexity index is 804. The molecular weight excluding hydrogens is 350 g/mol. The van der Waals surface area contributed by atoms with Gasteiger partial charge in [0, 0.05) is 45.8 Å². The summed E-state index contributed by atoms with van der Waals surface area (Å²) in [5.41, 5.74) is 1.32. The number of anilines is 1. The largest absolute Gasteiger partial charge is 0.506 e. The zero-order valence-electron chi connectivity index (χ0n) is 15.3. The van der Waals surface area contributed by atoms with Crippen molar-refractivity contribution in [3.8, 4) is 5.75 Å². The van der Waals surface area contributed by atoms with Gasteiger partial charge >= 0.3 is 0 Å². The summed E-state index contributed by atoms with van der Waals surface area (Å²) in [5.74, 6) is -0.0466. The second kappa shape index (κ2) is 8.70. The van der Waals surface area contributed by atoms with Gasteiger partial charge in [0.2, 0.25) is 0 Å². The van der Waals surface area contributed by atoms with Crippen LogP contribution in [-0.4, -0.2) is 55.7 Å². The zero-order valence-corrected chi connectivity index (χ0v) is 15.3. The van der Waals surface area contributed by atoms with Gasteiger partial charge in [0.15, 0.2) is 5.96 Å². The summed E-state index contributed by atoms with van der Waals surface area (Å²) in [6.07, 6.45) is 0.447. The molecule has 1 fully saturated rings. The fourth-order valence-corrected chi connectivity index (χ4v) is 3.26. The summed E-state index contributed by atoms with van der Waals surface area (Å²) < 4.78 is 26.7. The average molecular weight is 374 g/mol. The molecule has 0 amide bonds. The van der Waals surface area contributed by atoms with Gasteiger partial charge in [-0.2, -0.15) is 0 Å². The quantitative estimate of drug-likeness (QED) is 0.638. The highest BCUT2D eigenvalue weighted by Crippen LogP contribution is 2.27. The van der Waals surface area contributed by atoms with E-state index in [1.165, 1.54) is 12.1 Å². The fourth-order valence-electron chi connectivity index (χ4n) is 3.26. The maximum Gasteiger partial charge on any atom is 0.193 e. The van der Waals surface area contributed by atoms with Gasteiger partial charge in [-0.15, -0.1) is 0 Å². The van der Waals surface area contributed by atoms with Gasteiger partial charge < -0.3 is 20.2 Å². The van der Waals surface area contributed by atoms with Crippen LogP contribution in [0.25, 0.3) is 0 Å². The molecule has 0 radical (unpaired) electrons. The molecule has 5 nitrogen and oxygen atoms in total. The van der Waals surface area contributed by atoms with E-state index in [1.54, 1.807) is 13.1 Å². The molecule has 2 N–H and O–H groups in total. The Morgan fingerprint density at radius 3 is 2.52 bits per heavy atom. The van der Waals surface area contributed by atoms with Crippen LogP contribution >= 0.6 is 0 Å². The first-order valence-corrected chi connectivity index (χ1v) is 9.01. The molecule has 0 spiro atoms. The van der Waals surface area contributed by atoms with Crippen molar-refractivity contribution >= 4 is 11.6 Å². The molecule has 1 aliphatic rings. The average Bonchev–Trinajstić information content (AvgIpc) is 2.67. The van der Waals surface area contributed by atoms with E-state index in [-0.39, 0.29) is 5.75 Å². The van der Waals surface area contributed by atoms with E-state index in [0.717, 1.165) is 43.9 Å². The van der Waals surface area contributed by atoms with Crippen LogP contribution in [0.4, 0.5) is 14.5 Å². The van der Waals surface area contributed by atoms with Crippen LogP contribution in [0.1, 0.15) is 5.56 Å². The molecule has 1 aliphatic heterocycles. The fraction of sp³-hybridized carbons (Fsp3) is 0.350. The van der Waals surface area contributed by atoms with Crippen molar-refractivity contribution in [2.75, 3.05) is 44.7 Å². The number of aliphatic imine (C=N–C) groups is 1. The minimum Gasteiger partial charge on any atom is -0.506 e. The maximum absolute atomic E-state index is 13.7. The van der Waals surface area contributed by atoms with E-state index in [2.05, 4.69) is 20.1 Å². The van der Waals surface area contributed by atoms with Crippen LogP contribution in [-0.2, 0) is 6.42 Å². The summed E-state index contributed by atoms with van der Waals surface area (Å²) in [7, 11) is 1.72. The lowest BCUT2D eigenvalue weighted by Crippen LogP contribution is -2.52. The predicted octanol–water partition coefficient (Wildman–Crippen LogP) is 2.61. The number of para-hydroxylation sites is 2. The monoisotopic (exact) mass is 374 g/mol. The van der Waals surface area contributed by atoms with E-state index in [4.69, 9.17) is 0 Å². The first-order chi connectivity index (χ1) is 13.1. The van der Waals surface area contributed by atoms with Gasteiger partial charge in [0.05, 0.1) is 5.69 Å². The molecule has 0 aromatic heterocycles. The molecule has 3 rings (SSSR count). The predicted molar refractivity (Wildman–Crippen MR) is 103 cm³/mol. The van der Waals surface area contributed by atoms with Gasteiger partial charge in [-0.3, -0.25) is 4.99 Å². The van der Waals surface area contributed by atoms with E-state index in [9.17, 15) is 13.9 Å². The number of aromatic hydroxyl groups is 1. The number of hydrogen-bond acceptors (Lipinski definition) is 3. The lowest BCUT2D eigenvalue weighted by molar-refractivity contribution is 0.370. The molecule has 1 saturated heterocycles. The summed E-state index contributed by atoms with van der Waals surface area (Å²) in [5, 5.41) is 13.2. The first kappa shape index (κ1) is 18.9. The van der Waals surface area contributed by atoms with Crippen LogP contribution in [0, 0.1) is 11.6 Å². The zero-order chi connectivity index (χ0) is 19.2. The van der Waals surface area contributed by atoms with Crippen LogP contribution in [0.2, 0.25) is 0 Å². The highest BCUT2D eigenvalue weighted by Gasteiger charge is 2.21. The molecule has 0 saturated carbocycles. The molecule has 27 heavy (non-hydrogen) atoms. The maximum atomic E-state index is 13.7. The van der Waals surface area contributed by atoms with Crippen molar-refractivity contribution in [2.24, 2.45) is 4.99 Å². The molecule has 0 bridgehead atoms. The molecular formula is C20H24F2N4O. The van der Waals surface area contributed by atoms with Crippen molar-refractivity contribution in [1.29, 1.82) is 0 Å². The number of rotatable bonds is 4. The van der Waals surface area contributed by atoms with Crippen molar-refractivity contribution in [3.63, 3.8) is 0 Å². The molecule has 7 heteroatoms. The van der Waals surface area contributed by atoms with Crippen molar-refractivity contribution in [1.82, 2.24) is 10.2 Å². The summed E-state index contributed by atoms with van der Waals surface area (Å²) in [6, 6.07) is 11.0. The highest BCUT2D eigenvalue weighted by molar-refractivity contribution is 5.80. The minimum absolute atomic E-state index is 0.287. The second-order valence-electron chi connectivity index (χ2n) is 6.42. The Labute approximate surface area is 157 Å². The van der Waals surface area contributed by atoms with Crippen LogP contribution in [0.5, 0.6) is 5.75 Å². The number of piperazine rings is 1. The van der Waals surface area contributed by atoms with Gasteiger partial charge in [-0.05, 0) is 30.2 Å². The number of benzene rings is 2. The van der Waals surface area contributed by atoms with Gasteiger partial charge in [-0.25, -0.2) is 8.78 Å². The van der Waals surface area contributed by atoms with E-state index < -0.39 is 11.6 Å². The smallest absolute Gasteiger partial charge is 0.193 e.